The molecule has 0 fully saturated rings. The molecule has 17 heavy (non-hydrogen) atoms. The van der Waals surface area contributed by atoms with E-state index in [1.165, 1.54) is 6.07 Å². The van der Waals surface area contributed by atoms with E-state index in [2.05, 4.69) is 10.3 Å². The highest BCUT2D eigenvalue weighted by molar-refractivity contribution is 5.90. The molecule has 0 radical (unpaired) electrons. The van der Waals surface area contributed by atoms with Crippen molar-refractivity contribution in [1.82, 2.24) is 4.98 Å². The second-order valence-electron chi connectivity index (χ2n) is 3.97. The van der Waals surface area contributed by atoms with Crippen LogP contribution < -0.4 is 11.1 Å². The molecule has 0 aliphatic carbocycles. The molecule has 0 aliphatic heterocycles. The van der Waals surface area contributed by atoms with Crippen LogP contribution in [0.3, 0.4) is 0 Å². The Balaban J connectivity index is 2.42. The van der Waals surface area contributed by atoms with Crippen LogP contribution >= 0.6 is 0 Å². The Bertz CT molecular complexity index is 380. The van der Waals surface area contributed by atoms with Gasteiger partial charge in [-0.1, -0.05) is 6.42 Å². The summed E-state index contributed by atoms with van der Waals surface area (Å²) in [4.78, 5) is 15.6. The summed E-state index contributed by atoms with van der Waals surface area (Å²) in [5.41, 5.74) is 6.11. The first-order chi connectivity index (χ1) is 8.13. The number of carbonyl (C=O) groups excluding carboxylic acids is 1. The quantitative estimate of drug-likeness (QED) is 0.655. The Kier molecular flexibility index (Phi) is 5.42. The van der Waals surface area contributed by atoms with Gasteiger partial charge in [0.25, 0.3) is 0 Å². The van der Waals surface area contributed by atoms with Crippen molar-refractivity contribution in [2.24, 2.45) is 5.73 Å². The van der Waals surface area contributed by atoms with Crippen LogP contribution in [0, 0.1) is 6.92 Å². The number of nitrogens with one attached hydrogen (secondary N) is 1. The van der Waals surface area contributed by atoms with Crippen molar-refractivity contribution < 1.29 is 9.90 Å². The fraction of sp³-hybridized carbons (Fsp3) is 0.500. The summed E-state index contributed by atoms with van der Waals surface area (Å²) in [5, 5.41) is 12.1. The number of hydrogen-bond acceptors (Lipinski definition) is 4. The van der Waals surface area contributed by atoms with Gasteiger partial charge in [-0.15, -0.1) is 0 Å². The minimum absolute atomic E-state index is 0.00842. The van der Waals surface area contributed by atoms with Gasteiger partial charge >= 0.3 is 0 Å². The number of aromatic nitrogens is 1. The van der Waals surface area contributed by atoms with E-state index in [1.54, 1.807) is 13.0 Å². The number of rotatable bonds is 6. The first-order valence-electron chi connectivity index (χ1n) is 5.80. The van der Waals surface area contributed by atoms with E-state index < -0.39 is 0 Å². The molecule has 0 aliphatic rings. The zero-order valence-electron chi connectivity index (χ0n) is 10.1. The highest BCUT2D eigenvalue weighted by Crippen LogP contribution is 2.20. The van der Waals surface area contributed by atoms with E-state index in [0.29, 0.717) is 13.0 Å². The third-order valence-electron chi connectivity index (χ3n) is 2.38. The maximum absolute atomic E-state index is 11.5. The van der Waals surface area contributed by atoms with Gasteiger partial charge in [-0.25, -0.2) is 4.98 Å². The predicted molar refractivity (Wildman–Crippen MR) is 66.8 cm³/mol. The molecule has 0 aromatic carbocycles. The number of nitrogens with zero attached hydrogens (tertiary/aromatic N) is 1. The third-order valence-corrected chi connectivity index (χ3v) is 2.38. The fourth-order valence-electron chi connectivity index (χ4n) is 1.44. The van der Waals surface area contributed by atoms with Crippen LogP contribution in [-0.4, -0.2) is 22.5 Å². The van der Waals surface area contributed by atoms with Gasteiger partial charge in [0.05, 0.1) is 0 Å². The molecule has 0 bridgehead atoms. The zero-order chi connectivity index (χ0) is 12.7. The van der Waals surface area contributed by atoms with Crippen molar-refractivity contribution >= 4 is 11.7 Å². The Labute approximate surface area is 101 Å². The van der Waals surface area contributed by atoms with E-state index >= 15 is 0 Å². The average molecular weight is 237 g/mol. The molecule has 0 unspecified atom stereocenters. The molecule has 0 spiro atoms. The van der Waals surface area contributed by atoms with Crippen molar-refractivity contribution in [3.05, 3.63) is 17.8 Å². The van der Waals surface area contributed by atoms with Gasteiger partial charge in [-0.3, -0.25) is 4.79 Å². The van der Waals surface area contributed by atoms with Gasteiger partial charge in [-0.05, 0) is 38.4 Å². The van der Waals surface area contributed by atoms with Gasteiger partial charge in [0, 0.05) is 12.1 Å². The number of pyridine rings is 1. The molecule has 0 atom stereocenters. The van der Waals surface area contributed by atoms with Crippen molar-refractivity contribution in [3.8, 4) is 5.75 Å². The number of nitrogens with two attached hydrogens (primary N) is 1. The summed E-state index contributed by atoms with van der Waals surface area (Å²) in [7, 11) is 0. The lowest BCUT2D eigenvalue weighted by Crippen LogP contribution is -2.13. The van der Waals surface area contributed by atoms with Gasteiger partial charge in [-0.2, -0.15) is 0 Å². The van der Waals surface area contributed by atoms with Gasteiger partial charge in [0.15, 0.2) is 11.6 Å². The largest absolute Gasteiger partial charge is 0.504 e. The summed E-state index contributed by atoms with van der Waals surface area (Å²) in [5.74, 6) is 0.0927. The van der Waals surface area contributed by atoms with Crippen LogP contribution in [0.25, 0.3) is 0 Å². The van der Waals surface area contributed by atoms with Crippen LogP contribution in [0.2, 0.25) is 0 Å². The summed E-state index contributed by atoms with van der Waals surface area (Å²) in [6, 6.07) is 3.21. The highest BCUT2D eigenvalue weighted by atomic mass is 16.3. The van der Waals surface area contributed by atoms with Crippen molar-refractivity contribution in [1.29, 1.82) is 0 Å². The van der Waals surface area contributed by atoms with Crippen LogP contribution in [0.4, 0.5) is 5.82 Å². The van der Waals surface area contributed by atoms with Crippen LogP contribution in [-0.2, 0) is 4.79 Å². The fourth-order valence-corrected chi connectivity index (χ4v) is 1.44. The molecule has 1 amide bonds. The number of amides is 1. The van der Waals surface area contributed by atoms with Gasteiger partial charge in [0.1, 0.15) is 0 Å². The van der Waals surface area contributed by atoms with Crippen molar-refractivity contribution in [2.45, 2.75) is 32.6 Å². The summed E-state index contributed by atoms with van der Waals surface area (Å²) < 4.78 is 0. The molecular formula is C12H19N3O2. The second kappa shape index (κ2) is 6.85. The van der Waals surface area contributed by atoms with Crippen LogP contribution in [0.5, 0.6) is 5.75 Å². The van der Waals surface area contributed by atoms with E-state index in [0.717, 1.165) is 25.0 Å². The Morgan fingerprint density at radius 1 is 1.41 bits per heavy atom. The topological polar surface area (TPSA) is 88.2 Å². The lowest BCUT2D eigenvalue weighted by Gasteiger charge is -2.06. The monoisotopic (exact) mass is 237 g/mol. The maximum Gasteiger partial charge on any atom is 0.225 e. The minimum atomic E-state index is -0.129. The van der Waals surface area contributed by atoms with E-state index in [9.17, 15) is 9.90 Å². The maximum atomic E-state index is 11.5. The van der Waals surface area contributed by atoms with Crippen molar-refractivity contribution in [3.63, 3.8) is 0 Å². The van der Waals surface area contributed by atoms with Crippen molar-refractivity contribution in [2.75, 3.05) is 11.9 Å². The molecule has 4 N–H and O–H groups in total. The summed E-state index contributed by atoms with van der Waals surface area (Å²) in [6.07, 6.45) is 3.10. The number of anilines is 1. The third kappa shape index (κ3) is 4.82. The summed E-state index contributed by atoms with van der Waals surface area (Å²) >= 11 is 0. The number of aryl methyl sites for hydroxylation is 1. The first-order valence-corrected chi connectivity index (χ1v) is 5.80. The molecule has 1 aromatic heterocycles. The van der Waals surface area contributed by atoms with Crippen LogP contribution in [0.1, 0.15) is 31.4 Å². The van der Waals surface area contributed by atoms with E-state index in [-0.39, 0.29) is 17.5 Å². The molecule has 0 saturated carbocycles. The second-order valence-corrected chi connectivity index (χ2v) is 3.97. The number of aromatic hydroxyl groups is 1. The standard InChI is InChI=1S/C12H19N3O2/c1-9-6-7-10(16)12(14-9)15-11(17)5-3-2-4-8-13/h6-7,16H,2-5,8,13H2,1H3,(H,14,15,17). The predicted octanol–water partition coefficient (Wildman–Crippen LogP) is 1.55. The summed E-state index contributed by atoms with van der Waals surface area (Å²) in [6.45, 7) is 2.46. The molecule has 5 nitrogen and oxygen atoms in total. The van der Waals surface area contributed by atoms with Crippen LogP contribution in [0.15, 0.2) is 12.1 Å². The SMILES string of the molecule is Cc1ccc(O)c(NC(=O)CCCCCN)n1. The average Bonchev–Trinajstić information content (AvgIpc) is 2.29. The smallest absolute Gasteiger partial charge is 0.225 e. The molecule has 0 saturated heterocycles. The molecule has 1 aromatic rings. The molecule has 94 valence electrons. The lowest BCUT2D eigenvalue weighted by atomic mass is 10.2. The molecular weight excluding hydrogens is 218 g/mol. The first kappa shape index (κ1) is 13.4. The number of hydrogen-bond donors (Lipinski definition) is 3. The number of carbonyl (C=O) groups is 1. The Hall–Kier alpha value is -1.62. The highest BCUT2D eigenvalue weighted by Gasteiger charge is 2.07. The Morgan fingerprint density at radius 3 is 2.88 bits per heavy atom. The molecule has 5 heteroatoms. The van der Waals surface area contributed by atoms with E-state index in [1.807, 2.05) is 0 Å². The van der Waals surface area contributed by atoms with E-state index in [4.69, 9.17) is 5.73 Å². The molecule has 1 heterocycles. The molecule has 1 rings (SSSR count). The Morgan fingerprint density at radius 2 is 2.18 bits per heavy atom. The lowest BCUT2D eigenvalue weighted by molar-refractivity contribution is -0.116. The normalized spacial score (nSPS) is 10.2. The minimum Gasteiger partial charge on any atom is -0.504 e. The number of unbranched alkanes of at least 4 members (excludes halogenated alkanes) is 2. The van der Waals surface area contributed by atoms with Gasteiger partial charge in [0.2, 0.25) is 5.91 Å². The van der Waals surface area contributed by atoms with Gasteiger partial charge < -0.3 is 16.2 Å². The zero-order valence-corrected chi connectivity index (χ0v) is 10.1.